The maximum atomic E-state index is 10.2. The quantitative estimate of drug-likeness (QED) is 0.479. The van der Waals surface area contributed by atoms with Crippen LogP contribution in [-0.4, -0.2) is 26.8 Å². The monoisotopic (exact) mass is 432 g/mol. The van der Waals surface area contributed by atoms with Crippen molar-refractivity contribution in [3.63, 3.8) is 0 Å². The number of hydrogen-bond donors (Lipinski definition) is 2. The summed E-state index contributed by atoms with van der Waals surface area (Å²) >= 11 is 7.46. The number of benzene rings is 1. The van der Waals surface area contributed by atoms with Crippen molar-refractivity contribution < 1.29 is 14.6 Å². The van der Waals surface area contributed by atoms with E-state index < -0.39 is 5.60 Å². The van der Waals surface area contributed by atoms with Gasteiger partial charge in [-0.3, -0.25) is 4.98 Å². The zero-order chi connectivity index (χ0) is 21.0. The van der Waals surface area contributed by atoms with Crippen LogP contribution in [0, 0.1) is 0 Å². The maximum absolute atomic E-state index is 10.2. The molecule has 1 atom stereocenters. The minimum atomic E-state index is -1.01. The second-order valence-electron chi connectivity index (χ2n) is 7.35. The Bertz CT molecular complexity index is 934. The van der Waals surface area contributed by atoms with E-state index in [0.717, 1.165) is 16.9 Å². The lowest BCUT2D eigenvalue weighted by molar-refractivity contribution is 0.0739. The first kappa shape index (κ1) is 21.8. The first-order valence-corrected chi connectivity index (χ1v) is 10.8. The van der Waals surface area contributed by atoms with Crippen LogP contribution in [0.4, 0.5) is 0 Å². The van der Waals surface area contributed by atoms with Crippen LogP contribution >= 0.6 is 23.4 Å². The molecule has 0 aliphatic heterocycles. The number of aliphatic hydroxyl groups excluding tert-OH is 1. The third kappa shape index (κ3) is 5.39. The Morgan fingerprint density at radius 1 is 1.17 bits per heavy atom. The molecule has 1 unspecified atom stereocenters. The highest BCUT2D eigenvalue weighted by Gasteiger charge is 2.23. The van der Waals surface area contributed by atoms with Gasteiger partial charge in [-0.05, 0) is 74.8 Å². The Labute approximate surface area is 180 Å². The van der Waals surface area contributed by atoms with Gasteiger partial charge in [0.15, 0.2) is 11.0 Å². The minimum absolute atomic E-state index is 0.0434. The molecule has 0 aliphatic rings. The summed E-state index contributed by atoms with van der Waals surface area (Å²) in [5.41, 5.74) is 1.08. The average molecular weight is 433 g/mol. The number of aromatic nitrogens is 2. The number of nitrogens with zero attached hydrogens (tertiary/aromatic N) is 2. The second-order valence-corrected chi connectivity index (χ2v) is 8.84. The molecule has 0 radical (unpaired) electrons. The number of hydrogen-bond acceptors (Lipinski definition) is 6. The van der Waals surface area contributed by atoms with Crippen molar-refractivity contribution in [2.24, 2.45) is 0 Å². The zero-order valence-electron chi connectivity index (χ0n) is 16.7. The van der Waals surface area contributed by atoms with Gasteiger partial charge in [0.1, 0.15) is 11.3 Å². The molecule has 29 heavy (non-hydrogen) atoms. The normalized spacial score (nSPS) is 12.9. The second kappa shape index (κ2) is 9.30. The maximum Gasteiger partial charge on any atom is 0.199 e. The first-order valence-electron chi connectivity index (χ1n) is 9.56. The van der Waals surface area contributed by atoms with Gasteiger partial charge in [0.05, 0.1) is 5.69 Å². The van der Waals surface area contributed by atoms with Crippen molar-refractivity contribution >= 4 is 23.4 Å². The standard InChI is InChI=1S/C22H25ClN2O3S/c1-4-14(11-12-26)20-25-19(15-5-10-18(24-13-15)22(2,3)27)21(28-20)29-17-8-6-16(23)7-9-17/h5-10,13-14,26-27H,4,11-12H2,1-3H3. The fourth-order valence-electron chi connectivity index (χ4n) is 2.91. The summed E-state index contributed by atoms with van der Waals surface area (Å²) in [5.74, 6) is 0.654. The number of oxazole rings is 1. The van der Waals surface area contributed by atoms with Crippen LogP contribution in [0.15, 0.2) is 57.0 Å². The van der Waals surface area contributed by atoms with Gasteiger partial charge in [-0.1, -0.05) is 18.5 Å². The van der Waals surface area contributed by atoms with Gasteiger partial charge < -0.3 is 14.6 Å². The van der Waals surface area contributed by atoms with Gasteiger partial charge in [-0.15, -0.1) is 0 Å². The van der Waals surface area contributed by atoms with Gasteiger partial charge in [0, 0.05) is 34.2 Å². The fourth-order valence-corrected chi connectivity index (χ4v) is 3.91. The third-order valence-electron chi connectivity index (χ3n) is 4.62. The molecule has 2 heterocycles. The molecule has 1 aromatic carbocycles. The van der Waals surface area contributed by atoms with Crippen molar-refractivity contribution in [1.29, 1.82) is 0 Å². The van der Waals surface area contributed by atoms with E-state index in [1.807, 2.05) is 30.3 Å². The van der Waals surface area contributed by atoms with Gasteiger partial charge in [0.2, 0.25) is 0 Å². The van der Waals surface area contributed by atoms with E-state index in [1.165, 1.54) is 11.8 Å². The smallest absolute Gasteiger partial charge is 0.199 e. The summed E-state index contributed by atoms with van der Waals surface area (Å²) in [6.07, 6.45) is 3.12. The minimum Gasteiger partial charge on any atom is -0.433 e. The number of rotatable bonds is 8. The van der Waals surface area contributed by atoms with Crippen LogP contribution in [0.2, 0.25) is 5.02 Å². The first-order chi connectivity index (χ1) is 13.8. The lowest BCUT2D eigenvalue weighted by atomic mass is 10.0. The molecule has 154 valence electrons. The molecular weight excluding hydrogens is 408 g/mol. The van der Waals surface area contributed by atoms with E-state index in [4.69, 9.17) is 21.0 Å². The van der Waals surface area contributed by atoms with Crippen molar-refractivity contribution in [3.05, 3.63) is 59.2 Å². The lowest BCUT2D eigenvalue weighted by Crippen LogP contribution is -2.17. The van der Waals surface area contributed by atoms with E-state index in [9.17, 15) is 10.2 Å². The predicted octanol–water partition coefficient (Wildman–Crippen LogP) is 5.64. The molecular formula is C22H25ClN2O3S. The van der Waals surface area contributed by atoms with E-state index in [0.29, 0.717) is 33.8 Å². The molecule has 0 amide bonds. The van der Waals surface area contributed by atoms with Gasteiger partial charge >= 0.3 is 0 Å². The van der Waals surface area contributed by atoms with E-state index >= 15 is 0 Å². The molecule has 0 fully saturated rings. The van der Waals surface area contributed by atoms with Gasteiger partial charge in [-0.25, -0.2) is 4.98 Å². The van der Waals surface area contributed by atoms with E-state index in [2.05, 4.69) is 11.9 Å². The molecule has 5 nitrogen and oxygen atoms in total. The van der Waals surface area contributed by atoms with E-state index in [1.54, 1.807) is 26.1 Å². The molecule has 3 aromatic rings. The lowest BCUT2D eigenvalue weighted by Gasteiger charge is -2.16. The van der Waals surface area contributed by atoms with Crippen LogP contribution in [0.1, 0.15) is 51.1 Å². The van der Waals surface area contributed by atoms with Gasteiger partial charge in [-0.2, -0.15) is 0 Å². The Balaban J connectivity index is 2.00. The summed E-state index contributed by atoms with van der Waals surface area (Å²) in [6.45, 7) is 5.53. The summed E-state index contributed by atoms with van der Waals surface area (Å²) in [4.78, 5) is 10.1. The Kier molecular flexibility index (Phi) is 7.01. The van der Waals surface area contributed by atoms with Crippen molar-refractivity contribution in [2.75, 3.05) is 6.61 Å². The van der Waals surface area contributed by atoms with Crippen molar-refractivity contribution in [1.82, 2.24) is 9.97 Å². The molecule has 0 saturated carbocycles. The highest BCUT2D eigenvalue weighted by atomic mass is 35.5. The number of halogens is 1. The third-order valence-corrected chi connectivity index (χ3v) is 5.84. The zero-order valence-corrected chi connectivity index (χ0v) is 18.3. The van der Waals surface area contributed by atoms with Gasteiger partial charge in [0.25, 0.3) is 0 Å². The summed E-state index contributed by atoms with van der Waals surface area (Å²) in [5, 5.41) is 20.9. The molecule has 7 heteroatoms. The summed E-state index contributed by atoms with van der Waals surface area (Å²) in [6, 6.07) is 11.2. The summed E-state index contributed by atoms with van der Waals surface area (Å²) in [7, 11) is 0. The molecule has 0 spiro atoms. The Morgan fingerprint density at radius 2 is 1.90 bits per heavy atom. The van der Waals surface area contributed by atoms with Crippen molar-refractivity contribution in [3.8, 4) is 11.3 Å². The van der Waals surface area contributed by atoms with Crippen LogP contribution in [0.25, 0.3) is 11.3 Å². The molecule has 0 saturated heterocycles. The largest absolute Gasteiger partial charge is 0.433 e. The van der Waals surface area contributed by atoms with E-state index in [-0.39, 0.29) is 12.5 Å². The molecule has 3 rings (SSSR count). The summed E-state index contributed by atoms with van der Waals surface area (Å²) < 4.78 is 6.14. The van der Waals surface area contributed by atoms with Crippen LogP contribution in [-0.2, 0) is 5.60 Å². The highest BCUT2D eigenvalue weighted by Crippen LogP contribution is 2.39. The highest BCUT2D eigenvalue weighted by molar-refractivity contribution is 7.99. The SMILES string of the molecule is CCC(CCO)c1nc(-c2ccc(C(C)(C)O)nc2)c(Sc2ccc(Cl)cc2)o1. The fraction of sp³-hybridized carbons (Fsp3) is 0.364. The topological polar surface area (TPSA) is 79.4 Å². The molecule has 0 bridgehead atoms. The molecule has 2 N–H and O–H groups in total. The molecule has 2 aromatic heterocycles. The van der Waals surface area contributed by atoms with Crippen molar-refractivity contribution in [2.45, 2.75) is 55.1 Å². The van der Waals surface area contributed by atoms with Crippen LogP contribution in [0.5, 0.6) is 0 Å². The van der Waals surface area contributed by atoms with Crippen LogP contribution < -0.4 is 0 Å². The number of aliphatic hydroxyl groups is 2. The number of pyridine rings is 1. The Hall–Kier alpha value is -1.86. The predicted molar refractivity (Wildman–Crippen MR) is 115 cm³/mol. The Morgan fingerprint density at radius 3 is 2.45 bits per heavy atom. The average Bonchev–Trinajstić information content (AvgIpc) is 3.11. The van der Waals surface area contributed by atoms with Crippen LogP contribution in [0.3, 0.4) is 0 Å². The molecule has 0 aliphatic carbocycles.